The lowest BCUT2D eigenvalue weighted by Gasteiger charge is -2.21. The smallest absolute Gasteiger partial charge is 0.232 e. The predicted octanol–water partition coefficient (Wildman–Crippen LogP) is 3.77. The SMILES string of the molecule is Cn1c(Cc2ccc(C(=N)N)cc2)nc2cc(NS(=O)(=O)CC3CCCCC3)ccc21. The van der Waals surface area contributed by atoms with Gasteiger partial charge in [0, 0.05) is 19.0 Å². The van der Waals surface area contributed by atoms with E-state index in [1.54, 1.807) is 12.1 Å². The summed E-state index contributed by atoms with van der Waals surface area (Å²) in [5.74, 6) is 1.38. The second-order valence-corrected chi connectivity index (χ2v) is 10.2. The van der Waals surface area contributed by atoms with Gasteiger partial charge < -0.3 is 10.3 Å². The highest BCUT2D eigenvalue weighted by molar-refractivity contribution is 7.92. The summed E-state index contributed by atoms with van der Waals surface area (Å²) in [6.45, 7) is 0. The van der Waals surface area contributed by atoms with Crippen LogP contribution in [0, 0.1) is 11.3 Å². The number of amidine groups is 1. The van der Waals surface area contributed by atoms with Gasteiger partial charge in [0.25, 0.3) is 0 Å². The van der Waals surface area contributed by atoms with Crippen LogP contribution in [0.3, 0.4) is 0 Å². The van der Waals surface area contributed by atoms with Crippen molar-refractivity contribution in [2.75, 3.05) is 10.5 Å². The third-order valence-corrected chi connectivity index (χ3v) is 7.51. The summed E-state index contributed by atoms with van der Waals surface area (Å²) < 4.78 is 30.0. The monoisotopic (exact) mass is 439 g/mol. The van der Waals surface area contributed by atoms with E-state index in [0.717, 1.165) is 48.1 Å². The summed E-state index contributed by atoms with van der Waals surface area (Å²) in [6, 6.07) is 13.1. The maximum Gasteiger partial charge on any atom is 0.232 e. The number of aromatic nitrogens is 2. The van der Waals surface area contributed by atoms with Crippen LogP contribution >= 0.6 is 0 Å². The number of nitrogens with two attached hydrogens (primary N) is 1. The van der Waals surface area contributed by atoms with Crippen molar-refractivity contribution in [3.05, 3.63) is 59.4 Å². The van der Waals surface area contributed by atoms with Gasteiger partial charge in [0.15, 0.2) is 0 Å². The molecule has 0 spiro atoms. The first kappa shape index (κ1) is 21.4. The molecule has 2 aromatic carbocycles. The van der Waals surface area contributed by atoms with Crippen LogP contribution in [0.25, 0.3) is 11.0 Å². The molecule has 164 valence electrons. The molecule has 1 fully saturated rings. The number of sulfonamides is 1. The molecule has 1 aliphatic rings. The molecule has 0 amide bonds. The largest absolute Gasteiger partial charge is 0.384 e. The lowest BCUT2D eigenvalue weighted by Crippen LogP contribution is -2.24. The highest BCUT2D eigenvalue weighted by Gasteiger charge is 2.21. The van der Waals surface area contributed by atoms with E-state index in [1.165, 1.54) is 6.42 Å². The molecule has 0 bridgehead atoms. The van der Waals surface area contributed by atoms with E-state index in [4.69, 9.17) is 16.1 Å². The summed E-state index contributed by atoms with van der Waals surface area (Å²) in [5, 5.41) is 7.50. The van der Waals surface area contributed by atoms with E-state index >= 15 is 0 Å². The molecule has 7 nitrogen and oxygen atoms in total. The zero-order chi connectivity index (χ0) is 22.0. The topological polar surface area (TPSA) is 114 Å². The number of fused-ring (bicyclic) bond motifs is 1. The van der Waals surface area contributed by atoms with Gasteiger partial charge >= 0.3 is 0 Å². The fraction of sp³-hybridized carbons (Fsp3) is 0.391. The number of nitrogen functional groups attached to an aromatic ring is 1. The lowest BCUT2D eigenvalue weighted by molar-refractivity contribution is 0.385. The molecule has 4 N–H and O–H groups in total. The van der Waals surface area contributed by atoms with Gasteiger partial charge in [-0.05, 0) is 42.5 Å². The molecule has 0 aliphatic heterocycles. The maximum atomic E-state index is 12.6. The van der Waals surface area contributed by atoms with Crippen molar-refractivity contribution in [1.82, 2.24) is 9.55 Å². The fourth-order valence-electron chi connectivity index (χ4n) is 4.34. The van der Waals surface area contributed by atoms with Gasteiger partial charge in [0.2, 0.25) is 10.0 Å². The zero-order valence-electron chi connectivity index (χ0n) is 17.8. The summed E-state index contributed by atoms with van der Waals surface area (Å²) in [7, 11) is -1.42. The summed E-state index contributed by atoms with van der Waals surface area (Å²) in [5.41, 5.74) is 9.54. The molecule has 1 heterocycles. The number of rotatable bonds is 7. The Morgan fingerprint density at radius 1 is 1.16 bits per heavy atom. The number of hydrogen-bond acceptors (Lipinski definition) is 4. The van der Waals surface area contributed by atoms with Crippen LogP contribution in [-0.2, 0) is 23.5 Å². The number of benzene rings is 2. The predicted molar refractivity (Wildman–Crippen MR) is 125 cm³/mol. The molecule has 0 unspecified atom stereocenters. The molecule has 3 aromatic rings. The first-order chi connectivity index (χ1) is 14.8. The Bertz CT molecular complexity index is 1190. The molecule has 0 radical (unpaired) electrons. The first-order valence-electron chi connectivity index (χ1n) is 10.7. The number of anilines is 1. The van der Waals surface area contributed by atoms with E-state index in [-0.39, 0.29) is 17.5 Å². The summed E-state index contributed by atoms with van der Waals surface area (Å²) in [4.78, 5) is 4.73. The van der Waals surface area contributed by atoms with Crippen LogP contribution in [0.1, 0.15) is 49.1 Å². The minimum Gasteiger partial charge on any atom is -0.384 e. The standard InChI is InChI=1S/C23H29N5O2S/c1-28-21-12-11-19(27-31(29,30)15-17-5-3-2-4-6-17)14-20(21)26-22(28)13-16-7-9-18(10-8-16)23(24)25/h7-12,14,17,27H,2-6,13,15H2,1H3,(H3,24,25). The van der Waals surface area contributed by atoms with Crippen molar-refractivity contribution >= 4 is 32.6 Å². The quantitative estimate of drug-likeness (QED) is 0.384. The van der Waals surface area contributed by atoms with Gasteiger partial charge in [-0.25, -0.2) is 13.4 Å². The van der Waals surface area contributed by atoms with Crippen LogP contribution in [0.2, 0.25) is 0 Å². The molecule has 0 atom stereocenters. The van der Waals surface area contributed by atoms with Crippen LogP contribution in [0.5, 0.6) is 0 Å². The van der Waals surface area contributed by atoms with Crippen molar-refractivity contribution in [2.45, 2.75) is 38.5 Å². The second kappa shape index (κ2) is 8.70. The molecular weight excluding hydrogens is 410 g/mol. The van der Waals surface area contributed by atoms with E-state index in [9.17, 15) is 8.42 Å². The molecule has 1 aromatic heterocycles. The van der Waals surface area contributed by atoms with Crippen molar-refractivity contribution in [1.29, 1.82) is 5.41 Å². The Balaban J connectivity index is 1.51. The molecule has 31 heavy (non-hydrogen) atoms. The number of nitrogens with zero attached hydrogens (tertiary/aromatic N) is 2. The third-order valence-electron chi connectivity index (χ3n) is 6.05. The number of aryl methyl sites for hydroxylation is 1. The third kappa shape index (κ3) is 5.07. The van der Waals surface area contributed by atoms with E-state index in [0.29, 0.717) is 17.7 Å². The van der Waals surface area contributed by atoms with Gasteiger partial charge in [-0.2, -0.15) is 0 Å². The normalized spacial score (nSPS) is 15.3. The summed E-state index contributed by atoms with van der Waals surface area (Å²) >= 11 is 0. The number of hydrogen-bond donors (Lipinski definition) is 3. The van der Waals surface area contributed by atoms with Gasteiger partial charge in [-0.3, -0.25) is 10.1 Å². The average Bonchev–Trinajstić information content (AvgIpc) is 3.03. The molecule has 1 saturated carbocycles. The van der Waals surface area contributed by atoms with Crippen LogP contribution in [-0.4, -0.2) is 29.6 Å². The fourth-order valence-corrected chi connectivity index (χ4v) is 5.86. The number of nitrogens with one attached hydrogen (secondary N) is 2. The van der Waals surface area contributed by atoms with Crippen molar-refractivity contribution in [3.8, 4) is 0 Å². The highest BCUT2D eigenvalue weighted by atomic mass is 32.2. The lowest BCUT2D eigenvalue weighted by atomic mass is 9.91. The van der Waals surface area contributed by atoms with Crippen LogP contribution in [0.4, 0.5) is 5.69 Å². The minimum absolute atomic E-state index is 0.0488. The Morgan fingerprint density at radius 2 is 1.87 bits per heavy atom. The Kier molecular flexibility index (Phi) is 6.00. The maximum absolute atomic E-state index is 12.6. The second-order valence-electron chi connectivity index (χ2n) is 8.47. The highest BCUT2D eigenvalue weighted by Crippen LogP contribution is 2.26. The molecule has 4 rings (SSSR count). The summed E-state index contributed by atoms with van der Waals surface area (Å²) in [6.07, 6.45) is 6.09. The Morgan fingerprint density at radius 3 is 2.55 bits per heavy atom. The van der Waals surface area contributed by atoms with E-state index < -0.39 is 10.0 Å². The van der Waals surface area contributed by atoms with Gasteiger partial charge in [-0.15, -0.1) is 0 Å². The average molecular weight is 440 g/mol. The van der Waals surface area contributed by atoms with Crippen LogP contribution < -0.4 is 10.5 Å². The molecule has 8 heteroatoms. The molecule has 0 saturated heterocycles. The first-order valence-corrected chi connectivity index (χ1v) is 12.3. The van der Waals surface area contributed by atoms with E-state index in [1.807, 2.05) is 41.9 Å². The van der Waals surface area contributed by atoms with Crippen LogP contribution in [0.15, 0.2) is 42.5 Å². The Hall–Kier alpha value is -2.87. The van der Waals surface area contributed by atoms with Crippen molar-refractivity contribution < 1.29 is 8.42 Å². The zero-order valence-corrected chi connectivity index (χ0v) is 18.6. The minimum atomic E-state index is -3.38. The van der Waals surface area contributed by atoms with Crippen molar-refractivity contribution in [2.24, 2.45) is 18.7 Å². The van der Waals surface area contributed by atoms with E-state index in [2.05, 4.69) is 4.72 Å². The van der Waals surface area contributed by atoms with Crippen molar-refractivity contribution in [3.63, 3.8) is 0 Å². The Labute approximate surface area is 183 Å². The molecule has 1 aliphatic carbocycles. The van der Waals surface area contributed by atoms with Gasteiger partial charge in [-0.1, -0.05) is 43.5 Å². The van der Waals surface area contributed by atoms with Gasteiger partial charge in [0.05, 0.1) is 22.5 Å². The van der Waals surface area contributed by atoms with Gasteiger partial charge in [0.1, 0.15) is 11.7 Å². The molecular formula is C23H29N5O2S. The number of imidazole rings is 1.